The minimum atomic E-state index is -0.267. The number of rotatable bonds is 4. The maximum absolute atomic E-state index is 11.9. The van der Waals surface area contributed by atoms with Crippen LogP contribution in [0.25, 0.3) is 10.8 Å². The zero-order valence-corrected chi connectivity index (χ0v) is 11.4. The third-order valence-electron chi connectivity index (χ3n) is 2.95. The lowest BCUT2D eigenvalue weighted by atomic mass is 9.97. The molecule has 2 aromatic carbocycles. The highest BCUT2D eigenvalue weighted by atomic mass is 16.5. The summed E-state index contributed by atoms with van der Waals surface area (Å²) in [7, 11) is 0. The first-order valence-electron chi connectivity index (χ1n) is 6.45. The predicted octanol–water partition coefficient (Wildman–Crippen LogP) is 4.14. The Morgan fingerprint density at radius 1 is 1.26 bits per heavy atom. The predicted molar refractivity (Wildman–Crippen MR) is 78.4 cm³/mol. The van der Waals surface area contributed by atoms with Gasteiger partial charge in [-0.25, -0.2) is 4.79 Å². The molecule has 0 amide bonds. The van der Waals surface area contributed by atoms with Crippen molar-refractivity contribution in [3.8, 4) is 0 Å². The molecule has 0 saturated carbocycles. The lowest BCUT2D eigenvalue weighted by molar-refractivity contribution is 0.0526. The summed E-state index contributed by atoms with van der Waals surface area (Å²) in [6.07, 6.45) is 0.772. The largest absolute Gasteiger partial charge is 0.462 e. The Morgan fingerprint density at radius 3 is 2.68 bits per heavy atom. The van der Waals surface area contributed by atoms with E-state index in [1.807, 2.05) is 44.2 Å². The number of carbonyl (C=O) groups excluding carboxylic acids is 1. The summed E-state index contributed by atoms with van der Waals surface area (Å²) < 4.78 is 5.08. The topological polar surface area (TPSA) is 26.3 Å². The fourth-order valence-electron chi connectivity index (χ4n) is 2.19. The van der Waals surface area contributed by atoms with E-state index in [-0.39, 0.29) is 5.97 Å². The molecule has 0 atom stereocenters. The monoisotopic (exact) mass is 254 g/mol. The molecule has 0 radical (unpaired) electrons. The molecule has 2 aromatic rings. The standard InChI is InChI=1S/C17H18O2/c1-4-19-17(18)15-10-13-7-5-6-8-16(13)14(11-15)9-12(2)3/h5-8,10-11H,2,4,9H2,1,3H3. The van der Waals surface area contributed by atoms with E-state index < -0.39 is 0 Å². The first-order chi connectivity index (χ1) is 9.11. The van der Waals surface area contributed by atoms with E-state index in [2.05, 4.69) is 12.6 Å². The van der Waals surface area contributed by atoms with Crippen molar-refractivity contribution in [2.75, 3.05) is 6.61 Å². The molecule has 19 heavy (non-hydrogen) atoms. The van der Waals surface area contributed by atoms with Crippen LogP contribution in [0.15, 0.2) is 48.6 Å². The van der Waals surface area contributed by atoms with Crippen LogP contribution in [0, 0.1) is 0 Å². The third-order valence-corrected chi connectivity index (χ3v) is 2.95. The van der Waals surface area contributed by atoms with Crippen molar-refractivity contribution in [1.29, 1.82) is 0 Å². The van der Waals surface area contributed by atoms with Crippen molar-refractivity contribution >= 4 is 16.7 Å². The van der Waals surface area contributed by atoms with Gasteiger partial charge in [-0.1, -0.05) is 36.4 Å². The molecule has 98 valence electrons. The molecule has 0 fully saturated rings. The second kappa shape index (κ2) is 5.70. The van der Waals surface area contributed by atoms with Gasteiger partial charge < -0.3 is 4.74 Å². The van der Waals surface area contributed by atoms with Crippen LogP contribution in [-0.4, -0.2) is 12.6 Å². The SMILES string of the molecule is C=C(C)Cc1cc(C(=O)OCC)cc2ccccc12. The molecule has 2 rings (SSSR count). The summed E-state index contributed by atoms with van der Waals surface area (Å²) in [5.41, 5.74) is 2.80. The molecule has 0 N–H and O–H groups in total. The zero-order valence-electron chi connectivity index (χ0n) is 11.4. The molecule has 0 unspecified atom stereocenters. The molecular formula is C17H18O2. The van der Waals surface area contributed by atoms with Crippen molar-refractivity contribution in [1.82, 2.24) is 0 Å². The molecule has 0 aliphatic carbocycles. The molecule has 0 bridgehead atoms. The van der Waals surface area contributed by atoms with E-state index >= 15 is 0 Å². The van der Waals surface area contributed by atoms with E-state index in [1.165, 1.54) is 5.39 Å². The van der Waals surface area contributed by atoms with Gasteiger partial charge in [-0.2, -0.15) is 0 Å². The second-order valence-corrected chi connectivity index (χ2v) is 4.71. The number of hydrogen-bond acceptors (Lipinski definition) is 2. The van der Waals surface area contributed by atoms with Gasteiger partial charge in [0, 0.05) is 0 Å². The van der Waals surface area contributed by atoms with Crippen molar-refractivity contribution in [3.05, 3.63) is 59.7 Å². The van der Waals surface area contributed by atoms with Crippen LogP contribution in [0.1, 0.15) is 29.8 Å². The highest BCUT2D eigenvalue weighted by molar-refractivity contribution is 5.97. The number of fused-ring (bicyclic) bond motifs is 1. The summed E-state index contributed by atoms with van der Waals surface area (Å²) in [4.78, 5) is 11.9. The minimum Gasteiger partial charge on any atom is -0.462 e. The first-order valence-corrected chi connectivity index (χ1v) is 6.45. The number of hydrogen-bond donors (Lipinski definition) is 0. The fraction of sp³-hybridized carbons (Fsp3) is 0.235. The number of esters is 1. The van der Waals surface area contributed by atoms with Crippen LogP contribution in [0.5, 0.6) is 0 Å². The van der Waals surface area contributed by atoms with Crippen molar-refractivity contribution in [3.63, 3.8) is 0 Å². The van der Waals surface area contributed by atoms with Gasteiger partial charge in [0.1, 0.15) is 0 Å². The molecular weight excluding hydrogens is 236 g/mol. The van der Waals surface area contributed by atoms with Crippen LogP contribution < -0.4 is 0 Å². The smallest absolute Gasteiger partial charge is 0.338 e. The minimum absolute atomic E-state index is 0.267. The summed E-state index contributed by atoms with van der Waals surface area (Å²) in [5.74, 6) is -0.267. The van der Waals surface area contributed by atoms with E-state index in [4.69, 9.17) is 4.74 Å². The summed E-state index contributed by atoms with van der Waals surface area (Å²) >= 11 is 0. The molecule has 0 spiro atoms. The Labute approximate surface area is 113 Å². The van der Waals surface area contributed by atoms with E-state index in [0.717, 1.165) is 22.9 Å². The lowest BCUT2D eigenvalue weighted by Gasteiger charge is -2.10. The highest BCUT2D eigenvalue weighted by Gasteiger charge is 2.11. The Hall–Kier alpha value is -2.09. The molecule has 0 aliphatic rings. The number of allylic oxidation sites excluding steroid dienone is 1. The van der Waals surface area contributed by atoms with Gasteiger partial charge in [-0.15, -0.1) is 0 Å². The second-order valence-electron chi connectivity index (χ2n) is 4.71. The van der Waals surface area contributed by atoms with Gasteiger partial charge in [-0.3, -0.25) is 0 Å². The van der Waals surface area contributed by atoms with E-state index in [1.54, 1.807) is 0 Å². The van der Waals surface area contributed by atoms with Gasteiger partial charge in [-0.05, 0) is 48.7 Å². The normalized spacial score (nSPS) is 10.4. The van der Waals surface area contributed by atoms with Crippen molar-refractivity contribution in [2.24, 2.45) is 0 Å². The maximum Gasteiger partial charge on any atom is 0.338 e. The van der Waals surface area contributed by atoms with Crippen LogP contribution in [0.2, 0.25) is 0 Å². The van der Waals surface area contributed by atoms with Crippen LogP contribution in [-0.2, 0) is 11.2 Å². The summed E-state index contributed by atoms with van der Waals surface area (Å²) in [6, 6.07) is 11.9. The van der Waals surface area contributed by atoms with Gasteiger partial charge in [0.25, 0.3) is 0 Å². The number of ether oxygens (including phenoxy) is 1. The third kappa shape index (κ3) is 3.02. The fourth-order valence-corrected chi connectivity index (χ4v) is 2.19. The summed E-state index contributed by atoms with van der Waals surface area (Å²) in [5, 5.41) is 2.22. The Balaban J connectivity index is 2.56. The zero-order chi connectivity index (χ0) is 13.8. The molecule has 0 saturated heterocycles. The average Bonchev–Trinajstić information content (AvgIpc) is 2.38. The van der Waals surface area contributed by atoms with Gasteiger partial charge in [0.15, 0.2) is 0 Å². The molecule has 2 nitrogen and oxygen atoms in total. The molecule has 2 heteroatoms. The molecule has 0 aliphatic heterocycles. The first kappa shape index (κ1) is 13.3. The van der Waals surface area contributed by atoms with Gasteiger partial charge in [0.2, 0.25) is 0 Å². The van der Waals surface area contributed by atoms with Crippen LogP contribution in [0.3, 0.4) is 0 Å². The lowest BCUT2D eigenvalue weighted by Crippen LogP contribution is -2.05. The average molecular weight is 254 g/mol. The quantitative estimate of drug-likeness (QED) is 0.605. The Morgan fingerprint density at radius 2 is 2.00 bits per heavy atom. The molecule has 0 aromatic heterocycles. The number of benzene rings is 2. The van der Waals surface area contributed by atoms with Gasteiger partial charge in [0.05, 0.1) is 12.2 Å². The highest BCUT2D eigenvalue weighted by Crippen LogP contribution is 2.23. The van der Waals surface area contributed by atoms with E-state index in [9.17, 15) is 4.79 Å². The number of carbonyl (C=O) groups is 1. The van der Waals surface area contributed by atoms with Crippen molar-refractivity contribution in [2.45, 2.75) is 20.3 Å². The van der Waals surface area contributed by atoms with Crippen molar-refractivity contribution < 1.29 is 9.53 Å². The van der Waals surface area contributed by atoms with E-state index in [0.29, 0.717) is 12.2 Å². The molecule has 0 heterocycles. The van der Waals surface area contributed by atoms with Crippen LogP contribution >= 0.6 is 0 Å². The van der Waals surface area contributed by atoms with Crippen LogP contribution in [0.4, 0.5) is 0 Å². The Bertz CT molecular complexity index is 626. The summed E-state index contributed by atoms with van der Waals surface area (Å²) in [6.45, 7) is 8.15. The van der Waals surface area contributed by atoms with Gasteiger partial charge >= 0.3 is 5.97 Å². The maximum atomic E-state index is 11.9. The Kier molecular flexibility index (Phi) is 4.00.